The van der Waals surface area contributed by atoms with E-state index in [0.29, 0.717) is 46.9 Å². The number of nitrogen functional groups attached to an aromatic ring is 1. The highest BCUT2D eigenvalue weighted by Crippen LogP contribution is 2.32. The number of hydrogen-bond acceptors (Lipinski definition) is 7. The van der Waals surface area contributed by atoms with E-state index in [2.05, 4.69) is 20.2 Å². The number of anilines is 1. The van der Waals surface area contributed by atoms with E-state index in [1.807, 2.05) is 13.8 Å². The van der Waals surface area contributed by atoms with Crippen LogP contribution in [0.5, 0.6) is 0 Å². The minimum absolute atomic E-state index is 0.118. The van der Waals surface area contributed by atoms with Gasteiger partial charge in [0.25, 0.3) is 0 Å². The second-order valence-electron chi connectivity index (χ2n) is 7.63. The minimum atomic E-state index is -3.80. The van der Waals surface area contributed by atoms with Crippen molar-refractivity contribution in [1.29, 1.82) is 0 Å². The van der Waals surface area contributed by atoms with Crippen LogP contribution in [0.3, 0.4) is 0 Å². The first kappa shape index (κ1) is 21.0. The van der Waals surface area contributed by atoms with Crippen LogP contribution < -0.4 is 15.8 Å². The van der Waals surface area contributed by atoms with E-state index >= 15 is 0 Å². The van der Waals surface area contributed by atoms with E-state index in [1.54, 1.807) is 36.5 Å². The molecule has 1 aliphatic heterocycles. The summed E-state index contributed by atoms with van der Waals surface area (Å²) in [5.74, 6) is 0.619. The lowest BCUT2D eigenvalue weighted by Crippen LogP contribution is -2.45. The molecule has 1 atom stereocenters. The van der Waals surface area contributed by atoms with E-state index in [-0.39, 0.29) is 17.2 Å². The number of benzene rings is 1. The normalized spacial score (nSPS) is 16.8. The Hall–Kier alpha value is -3.24. The Labute approximate surface area is 180 Å². The monoisotopic (exact) mass is 441 g/mol. The van der Waals surface area contributed by atoms with Gasteiger partial charge < -0.3 is 15.6 Å². The van der Waals surface area contributed by atoms with E-state index in [1.165, 1.54) is 0 Å². The van der Waals surface area contributed by atoms with Crippen molar-refractivity contribution in [2.24, 2.45) is 0 Å². The van der Waals surface area contributed by atoms with E-state index in [4.69, 9.17) is 10.3 Å². The summed E-state index contributed by atoms with van der Waals surface area (Å²) in [5, 5.41) is 6.58. The molecule has 3 heterocycles. The molecule has 10 heteroatoms. The van der Waals surface area contributed by atoms with Crippen molar-refractivity contribution >= 4 is 21.7 Å². The summed E-state index contributed by atoms with van der Waals surface area (Å²) >= 11 is 0. The highest BCUT2D eigenvalue weighted by atomic mass is 32.2. The maximum atomic E-state index is 12.9. The number of aryl methyl sites for hydroxylation is 2. The Bertz CT molecular complexity index is 1250. The molecular weight excluding hydrogens is 418 g/mol. The number of carbonyl (C=O) groups excluding carboxylic acids is 1. The van der Waals surface area contributed by atoms with Crippen molar-refractivity contribution in [3.63, 3.8) is 0 Å². The van der Waals surface area contributed by atoms with Gasteiger partial charge in [-0.1, -0.05) is 11.2 Å². The van der Waals surface area contributed by atoms with Gasteiger partial charge in [0.15, 0.2) is 5.76 Å². The van der Waals surface area contributed by atoms with Gasteiger partial charge in [0, 0.05) is 36.8 Å². The zero-order valence-corrected chi connectivity index (χ0v) is 18.0. The Morgan fingerprint density at radius 3 is 2.71 bits per heavy atom. The molecule has 1 saturated heterocycles. The summed E-state index contributed by atoms with van der Waals surface area (Å²) in [5.41, 5.74) is 9.60. The molecule has 1 aromatic carbocycles. The van der Waals surface area contributed by atoms with Crippen LogP contribution in [0.1, 0.15) is 24.1 Å². The quantitative estimate of drug-likeness (QED) is 0.551. The molecule has 1 fully saturated rings. The summed E-state index contributed by atoms with van der Waals surface area (Å²) in [7, 11) is -3.80. The summed E-state index contributed by atoms with van der Waals surface area (Å²) in [6.07, 6.45) is 2.27. The lowest BCUT2D eigenvalue weighted by atomic mass is 10.00. The van der Waals surface area contributed by atoms with Crippen molar-refractivity contribution in [2.45, 2.75) is 37.6 Å². The van der Waals surface area contributed by atoms with Crippen molar-refractivity contribution in [3.05, 3.63) is 47.8 Å². The predicted octanol–water partition coefficient (Wildman–Crippen LogP) is 2.16. The first-order valence-electron chi connectivity index (χ1n) is 9.82. The van der Waals surface area contributed by atoms with Crippen LogP contribution in [0, 0.1) is 13.8 Å². The van der Waals surface area contributed by atoms with Crippen LogP contribution in [-0.2, 0) is 14.8 Å². The molecule has 4 N–H and O–H groups in total. The van der Waals surface area contributed by atoms with Crippen LogP contribution >= 0.6 is 0 Å². The standard InChI is InChI=1S/C21H23N5O4S/c1-12-3-4-16(31(28,29)26-15-5-6-23-20(27)9-15)10-17(12)14-8-18(21(22)24-11-14)19-7-13(2)25-30-19/h3-4,7-8,10-11,15,26H,5-6,9H2,1-2H3,(H2,22,24)(H,23,27). The van der Waals surface area contributed by atoms with Gasteiger partial charge in [-0.3, -0.25) is 4.79 Å². The second kappa shape index (κ2) is 8.12. The molecule has 9 nitrogen and oxygen atoms in total. The van der Waals surface area contributed by atoms with Gasteiger partial charge in [0.1, 0.15) is 5.82 Å². The smallest absolute Gasteiger partial charge is 0.240 e. The molecular formula is C21H23N5O4S. The molecule has 2 aromatic heterocycles. The van der Waals surface area contributed by atoms with E-state index < -0.39 is 16.1 Å². The number of sulfonamides is 1. The Balaban J connectivity index is 1.69. The van der Waals surface area contributed by atoms with Crippen molar-refractivity contribution < 1.29 is 17.7 Å². The van der Waals surface area contributed by atoms with Gasteiger partial charge in [0.2, 0.25) is 15.9 Å². The molecule has 1 aliphatic rings. The second-order valence-corrected chi connectivity index (χ2v) is 9.34. The highest BCUT2D eigenvalue weighted by Gasteiger charge is 2.25. The fourth-order valence-electron chi connectivity index (χ4n) is 3.56. The van der Waals surface area contributed by atoms with Gasteiger partial charge in [0.05, 0.1) is 16.2 Å². The fraction of sp³-hybridized carbons (Fsp3) is 0.286. The highest BCUT2D eigenvalue weighted by molar-refractivity contribution is 7.89. The fourth-order valence-corrected chi connectivity index (χ4v) is 4.86. The van der Waals surface area contributed by atoms with Crippen LogP contribution in [0.15, 0.2) is 45.9 Å². The zero-order chi connectivity index (χ0) is 22.2. The lowest BCUT2D eigenvalue weighted by molar-refractivity contribution is -0.122. The molecule has 0 radical (unpaired) electrons. The number of carbonyl (C=O) groups is 1. The van der Waals surface area contributed by atoms with Crippen molar-refractivity contribution in [3.8, 4) is 22.5 Å². The van der Waals surface area contributed by atoms with Gasteiger partial charge in [-0.25, -0.2) is 18.1 Å². The largest absolute Gasteiger partial charge is 0.383 e. The third-order valence-electron chi connectivity index (χ3n) is 5.21. The van der Waals surface area contributed by atoms with Crippen LogP contribution in [0.2, 0.25) is 0 Å². The average molecular weight is 442 g/mol. The number of piperidine rings is 1. The van der Waals surface area contributed by atoms with Gasteiger partial charge in [-0.2, -0.15) is 0 Å². The maximum Gasteiger partial charge on any atom is 0.240 e. The Kier molecular flexibility index (Phi) is 5.50. The molecule has 0 bridgehead atoms. The number of nitrogens with zero attached hydrogens (tertiary/aromatic N) is 2. The van der Waals surface area contributed by atoms with Crippen LogP contribution in [0.25, 0.3) is 22.5 Å². The zero-order valence-electron chi connectivity index (χ0n) is 17.2. The van der Waals surface area contributed by atoms with Crippen LogP contribution in [-0.4, -0.2) is 37.1 Å². The SMILES string of the molecule is Cc1cc(-c2cc(-c3cc(S(=O)(=O)NC4CCNC(=O)C4)ccc3C)cnc2N)on1. The van der Waals surface area contributed by atoms with Crippen molar-refractivity contribution in [1.82, 2.24) is 20.2 Å². The molecule has 0 aliphatic carbocycles. The van der Waals surface area contributed by atoms with Gasteiger partial charge in [-0.05, 0) is 49.6 Å². The number of amides is 1. The predicted molar refractivity (Wildman–Crippen MR) is 115 cm³/mol. The molecule has 162 valence electrons. The summed E-state index contributed by atoms with van der Waals surface area (Å²) in [4.78, 5) is 16.0. The summed E-state index contributed by atoms with van der Waals surface area (Å²) < 4.78 is 33.8. The van der Waals surface area contributed by atoms with Gasteiger partial charge >= 0.3 is 0 Å². The first-order valence-corrected chi connectivity index (χ1v) is 11.3. The first-order chi connectivity index (χ1) is 14.7. The number of pyridine rings is 1. The number of hydrogen-bond donors (Lipinski definition) is 3. The third-order valence-corrected chi connectivity index (χ3v) is 6.73. The molecule has 0 saturated carbocycles. The molecule has 0 spiro atoms. The Morgan fingerprint density at radius 2 is 2.00 bits per heavy atom. The lowest BCUT2D eigenvalue weighted by Gasteiger charge is -2.23. The number of rotatable bonds is 5. The van der Waals surface area contributed by atoms with Crippen LogP contribution in [0.4, 0.5) is 5.82 Å². The van der Waals surface area contributed by atoms with E-state index in [0.717, 1.165) is 5.56 Å². The average Bonchev–Trinajstić information content (AvgIpc) is 3.14. The molecule has 1 amide bonds. The molecule has 1 unspecified atom stereocenters. The van der Waals surface area contributed by atoms with Gasteiger partial charge in [-0.15, -0.1) is 0 Å². The number of aromatic nitrogens is 2. The topological polar surface area (TPSA) is 140 Å². The third kappa shape index (κ3) is 4.44. The number of nitrogens with one attached hydrogen (secondary N) is 2. The molecule has 4 rings (SSSR count). The minimum Gasteiger partial charge on any atom is -0.383 e. The van der Waals surface area contributed by atoms with Crippen molar-refractivity contribution in [2.75, 3.05) is 12.3 Å². The maximum absolute atomic E-state index is 12.9. The number of nitrogens with two attached hydrogens (primary N) is 1. The summed E-state index contributed by atoms with van der Waals surface area (Å²) in [6, 6.07) is 8.03. The van der Waals surface area contributed by atoms with E-state index in [9.17, 15) is 13.2 Å². The Morgan fingerprint density at radius 1 is 1.19 bits per heavy atom. The summed E-state index contributed by atoms with van der Waals surface area (Å²) in [6.45, 7) is 4.15. The molecule has 31 heavy (non-hydrogen) atoms. The molecule has 3 aromatic rings.